The van der Waals surface area contributed by atoms with Crippen LogP contribution in [0.5, 0.6) is 0 Å². The lowest BCUT2D eigenvalue weighted by molar-refractivity contribution is -0.132. The highest BCUT2D eigenvalue weighted by molar-refractivity contribution is 5.78. The topological polar surface area (TPSA) is 40.6 Å². The summed E-state index contributed by atoms with van der Waals surface area (Å²) in [7, 11) is 3.59. The van der Waals surface area contributed by atoms with Gasteiger partial charge in [-0.15, -0.1) is 0 Å². The summed E-state index contributed by atoms with van der Waals surface area (Å²) in [6, 6.07) is 15.9. The van der Waals surface area contributed by atoms with Crippen LogP contribution in [0.15, 0.2) is 61.7 Å². The number of hydrogen-bond donors (Lipinski definition) is 0. The Bertz CT molecular complexity index is 767. The van der Waals surface area contributed by atoms with Gasteiger partial charge in [0.15, 0.2) is 0 Å². The van der Waals surface area contributed by atoms with Crippen LogP contribution in [0.3, 0.4) is 0 Å². The van der Waals surface area contributed by atoms with Crippen molar-refractivity contribution < 1.29 is 9.59 Å². The number of carbonyl (C=O) groups is 2. The van der Waals surface area contributed by atoms with E-state index in [9.17, 15) is 9.59 Å². The minimum absolute atomic E-state index is 0.0493. The van der Waals surface area contributed by atoms with E-state index in [0.29, 0.717) is 32.4 Å². The lowest BCUT2D eigenvalue weighted by atomic mass is 10.1. The zero-order valence-corrected chi connectivity index (χ0v) is 17.4. The first-order valence-corrected chi connectivity index (χ1v) is 9.83. The summed E-state index contributed by atoms with van der Waals surface area (Å²) in [5.74, 6) is 0.0986. The van der Waals surface area contributed by atoms with E-state index in [1.807, 2.05) is 48.5 Å². The van der Waals surface area contributed by atoms with Gasteiger partial charge in [0, 0.05) is 40.0 Å². The van der Waals surface area contributed by atoms with Crippen LogP contribution < -0.4 is 0 Å². The molecule has 0 radical (unpaired) electrons. The zero-order chi connectivity index (χ0) is 21.2. The molecule has 0 aromatic heterocycles. The molecule has 0 aliphatic carbocycles. The highest BCUT2D eigenvalue weighted by Gasteiger charge is 2.13. The van der Waals surface area contributed by atoms with Crippen LogP contribution in [-0.4, -0.2) is 35.7 Å². The van der Waals surface area contributed by atoms with Gasteiger partial charge in [-0.1, -0.05) is 73.8 Å². The van der Waals surface area contributed by atoms with Crippen molar-refractivity contribution in [2.75, 3.05) is 14.1 Å². The van der Waals surface area contributed by atoms with Gasteiger partial charge in [0.05, 0.1) is 0 Å². The molecule has 29 heavy (non-hydrogen) atoms. The molecule has 2 aromatic rings. The smallest absolute Gasteiger partial charge is 0.222 e. The fourth-order valence-corrected chi connectivity index (χ4v) is 3.01. The maximum Gasteiger partial charge on any atom is 0.222 e. The van der Waals surface area contributed by atoms with Crippen molar-refractivity contribution in [3.05, 3.63) is 83.9 Å². The second-order valence-electron chi connectivity index (χ2n) is 7.24. The zero-order valence-electron chi connectivity index (χ0n) is 17.4. The van der Waals surface area contributed by atoms with Crippen molar-refractivity contribution in [3.8, 4) is 0 Å². The van der Waals surface area contributed by atoms with Crippen molar-refractivity contribution in [2.24, 2.45) is 0 Å². The van der Waals surface area contributed by atoms with Gasteiger partial charge in [-0.3, -0.25) is 9.59 Å². The van der Waals surface area contributed by atoms with Gasteiger partial charge in [0.2, 0.25) is 11.8 Å². The fraction of sp³-hybridized carbons (Fsp3) is 0.280. The summed E-state index contributed by atoms with van der Waals surface area (Å²) in [4.78, 5) is 28.1. The van der Waals surface area contributed by atoms with E-state index >= 15 is 0 Å². The number of hydrogen-bond acceptors (Lipinski definition) is 2. The third-order valence-corrected chi connectivity index (χ3v) is 4.90. The summed E-state index contributed by atoms with van der Waals surface area (Å²) in [5.41, 5.74) is 4.26. The summed E-state index contributed by atoms with van der Waals surface area (Å²) in [5, 5.41) is 0. The average Bonchev–Trinajstić information content (AvgIpc) is 2.74. The van der Waals surface area contributed by atoms with E-state index in [4.69, 9.17) is 0 Å². The number of nitrogens with zero attached hydrogens (tertiary/aromatic N) is 2. The molecule has 0 aliphatic rings. The molecule has 0 saturated carbocycles. The molecule has 0 N–H and O–H groups in total. The molecule has 2 rings (SSSR count). The van der Waals surface area contributed by atoms with Gasteiger partial charge in [0.25, 0.3) is 0 Å². The molecule has 2 amide bonds. The molecule has 0 fully saturated rings. The third-order valence-electron chi connectivity index (χ3n) is 4.90. The molecule has 0 atom stereocenters. The monoisotopic (exact) mass is 390 g/mol. The van der Waals surface area contributed by atoms with Gasteiger partial charge in [-0.25, -0.2) is 0 Å². The summed E-state index contributed by atoms with van der Waals surface area (Å²) >= 11 is 0. The minimum atomic E-state index is 0.0493. The first-order valence-electron chi connectivity index (χ1n) is 9.83. The third kappa shape index (κ3) is 7.07. The van der Waals surface area contributed by atoms with Crippen molar-refractivity contribution >= 4 is 24.0 Å². The van der Waals surface area contributed by atoms with Gasteiger partial charge in [-0.05, 0) is 28.7 Å². The Morgan fingerprint density at radius 3 is 1.38 bits per heavy atom. The Balaban J connectivity index is 1.73. The lowest BCUT2D eigenvalue weighted by Gasteiger charge is -2.19. The summed E-state index contributed by atoms with van der Waals surface area (Å²) < 4.78 is 0. The highest BCUT2D eigenvalue weighted by atomic mass is 16.2. The summed E-state index contributed by atoms with van der Waals surface area (Å²) in [6.07, 6.45) is 4.88. The number of carbonyl (C=O) groups excluding carboxylic acids is 2. The van der Waals surface area contributed by atoms with E-state index in [2.05, 4.69) is 13.2 Å². The Morgan fingerprint density at radius 2 is 1.07 bits per heavy atom. The van der Waals surface area contributed by atoms with Crippen LogP contribution in [0.25, 0.3) is 12.2 Å². The molecular formula is C25H30N2O2. The molecule has 4 heteroatoms. The molecular weight excluding hydrogens is 360 g/mol. The molecule has 0 bridgehead atoms. The van der Waals surface area contributed by atoms with Crippen LogP contribution in [0.4, 0.5) is 0 Å². The highest BCUT2D eigenvalue weighted by Crippen LogP contribution is 2.11. The van der Waals surface area contributed by atoms with Crippen molar-refractivity contribution in [1.82, 2.24) is 9.80 Å². The second kappa shape index (κ2) is 11.0. The SMILES string of the molecule is C=Cc1ccc(CN(C)C(=O)CCCC(=O)N(C)Cc2ccc(C=C)cc2)cc1. The van der Waals surface area contributed by atoms with Crippen LogP contribution in [-0.2, 0) is 22.7 Å². The molecule has 0 spiro atoms. The molecule has 0 aliphatic heterocycles. The van der Waals surface area contributed by atoms with Crippen LogP contribution in [0, 0.1) is 0 Å². The van der Waals surface area contributed by atoms with E-state index in [1.165, 1.54) is 0 Å². The van der Waals surface area contributed by atoms with E-state index in [1.54, 1.807) is 36.0 Å². The fourth-order valence-electron chi connectivity index (χ4n) is 3.01. The van der Waals surface area contributed by atoms with Gasteiger partial charge >= 0.3 is 0 Å². The number of benzene rings is 2. The Morgan fingerprint density at radius 1 is 0.724 bits per heavy atom. The van der Waals surface area contributed by atoms with Crippen molar-refractivity contribution in [1.29, 1.82) is 0 Å². The Kier molecular flexibility index (Phi) is 8.41. The van der Waals surface area contributed by atoms with Gasteiger partial charge < -0.3 is 9.80 Å². The average molecular weight is 391 g/mol. The molecule has 2 aromatic carbocycles. The maximum atomic E-state index is 12.4. The quantitative estimate of drug-likeness (QED) is 0.587. The predicted octanol–water partition coefficient (Wildman–Crippen LogP) is 4.76. The van der Waals surface area contributed by atoms with E-state index in [0.717, 1.165) is 22.3 Å². The van der Waals surface area contributed by atoms with E-state index < -0.39 is 0 Å². The lowest BCUT2D eigenvalue weighted by Crippen LogP contribution is -2.28. The molecule has 152 valence electrons. The minimum Gasteiger partial charge on any atom is -0.341 e. The molecule has 0 unspecified atom stereocenters. The van der Waals surface area contributed by atoms with Gasteiger partial charge in [-0.2, -0.15) is 0 Å². The Labute approximate surface area is 174 Å². The first-order chi connectivity index (χ1) is 13.9. The van der Waals surface area contributed by atoms with Crippen LogP contribution in [0.2, 0.25) is 0 Å². The van der Waals surface area contributed by atoms with Crippen molar-refractivity contribution in [2.45, 2.75) is 32.4 Å². The number of rotatable bonds is 10. The second-order valence-corrected chi connectivity index (χ2v) is 7.24. The van der Waals surface area contributed by atoms with Gasteiger partial charge in [0.1, 0.15) is 0 Å². The largest absolute Gasteiger partial charge is 0.341 e. The van der Waals surface area contributed by atoms with E-state index in [-0.39, 0.29) is 11.8 Å². The molecule has 0 saturated heterocycles. The normalized spacial score (nSPS) is 10.3. The van der Waals surface area contributed by atoms with Crippen molar-refractivity contribution in [3.63, 3.8) is 0 Å². The first kappa shape index (κ1) is 22.2. The van der Waals surface area contributed by atoms with Crippen LogP contribution >= 0.6 is 0 Å². The summed E-state index contributed by atoms with van der Waals surface area (Å²) in [6.45, 7) is 8.60. The maximum absolute atomic E-state index is 12.4. The standard InChI is InChI=1S/C25H30N2O2/c1-5-20-10-14-22(15-11-20)18-26(3)24(28)8-7-9-25(29)27(4)19-23-16-12-21(6-2)13-17-23/h5-6,10-17H,1-2,7-9,18-19H2,3-4H3. The molecule has 4 nitrogen and oxygen atoms in total. The number of amides is 2. The Hall–Kier alpha value is -3.14. The molecule has 0 heterocycles. The van der Waals surface area contributed by atoms with Crippen LogP contribution in [0.1, 0.15) is 41.5 Å². The predicted molar refractivity (Wildman–Crippen MR) is 120 cm³/mol.